The number of carboxylic acids is 2. The number of aldehydes is 1. The van der Waals surface area contributed by atoms with Crippen LogP contribution < -0.4 is 0 Å². The minimum atomic E-state index is -1.39. The van der Waals surface area contributed by atoms with Crippen molar-refractivity contribution in [2.24, 2.45) is 0 Å². The van der Waals surface area contributed by atoms with Crippen LogP contribution >= 0.6 is 0 Å². The van der Waals surface area contributed by atoms with E-state index < -0.39 is 11.9 Å². The lowest BCUT2D eigenvalue weighted by molar-refractivity contribution is -0.107. The van der Waals surface area contributed by atoms with Gasteiger partial charge >= 0.3 is 11.9 Å². The second kappa shape index (κ2) is 5.92. The zero-order chi connectivity index (χ0) is 13.7. The van der Waals surface area contributed by atoms with Gasteiger partial charge in [0.2, 0.25) is 0 Å². The average molecular weight is 252 g/mol. The summed E-state index contributed by atoms with van der Waals surface area (Å²) in [5.41, 5.74) is -0.102. The van der Waals surface area contributed by atoms with Crippen LogP contribution in [0.3, 0.4) is 0 Å². The summed E-state index contributed by atoms with van der Waals surface area (Å²) < 4.78 is 0. The zero-order valence-corrected chi connectivity index (χ0v) is 9.42. The molecule has 6 heteroatoms. The van der Waals surface area contributed by atoms with Gasteiger partial charge in [-0.1, -0.05) is 6.07 Å². The van der Waals surface area contributed by atoms with E-state index >= 15 is 0 Å². The van der Waals surface area contributed by atoms with Gasteiger partial charge in [-0.25, -0.2) is 9.59 Å². The van der Waals surface area contributed by atoms with Gasteiger partial charge in [-0.05, 0) is 23.6 Å². The Balaban J connectivity index is 3.53. The Morgan fingerprint density at radius 1 is 1.17 bits per heavy atom. The molecule has 0 aliphatic carbocycles. The van der Waals surface area contributed by atoms with Crippen molar-refractivity contribution in [3.63, 3.8) is 0 Å². The van der Waals surface area contributed by atoms with Gasteiger partial charge in [0, 0.05) is 13.0 Å². The van der Waals surface area contributed by atoms with E-state index in [0.717, 1.165) is 6.07 Å². The van der Waals surface area contributed by atoms with Crippen LogP contribution in [-0.4, -0.2) is 40.2 Å². The first-order chi connectivity index (χ1) is 8.52. The number of aromatic carboxylic acids is 2. The number of carboxylic acid groups (broad SMARTS) is 2. The largest absolute Gasteiger partial charge is 0.478 e. The van der Waals surface area contributed by atoms with Crippen molar-refractivity contribution in [3.8, 4) is 0 Å². The van der Waals surface area contributed by atoms with Gasteiger partial charge in [0.05, 0.1) is 11.1 Å². The van der Waals surface area contributed by atoms with E-state index in [9.17, 15) is 14.4 Å². The molecule has 1 rings (SSSR count). The SMILES string of the molecule is O=CCc1ccc(C(=O)O)c(C(=O)O)c1CCO. The predicted octanol–water partition coefficient (Wildman–Crippen LogP) is 0.359. The first-order valence-electron chi connectivity index (χ1n) is 5.18. The molecule has 0 spiro atoms. The van der Waals surface area contributed by atoms with Crippen LogP contribution in [0.25, 0.3) is 0 Å². The molecule has 0 heterocycles. The maximum absolute atomic E-state index is 11.1. The van der Waals surface area contributed by atoms with Crippen molar-refractivity contribution in [1.82, 2.24) is 0 Å². The molecule has 1 aromatic carbocycles. The first kappa shape index (κ1) is 13.9. The Morgan fingerprint density at radius 2 is 1.83 bits per heavy atom. The lowest BCUT2D eigenvalue weighted by Crippen LogP contribution is -2.15. The molecule has 0 unspecified atom stereocenters. The van der Waals surface area contributed by atoms with Crippen molar-refractivity contribution in [2.75, 3.05) is 6.61 Å². The second-order valence-electron chi connectivity index (χ2n) is 3.58. The van der Waals surface area contributed by atoms with Crippen molar-refractivity contribution in [3.05, 3.63) is 34.4 Å². The van der Waals surface area contributed by atoms with E-state index in [0.29, 0.717) is 11.8 Å². The maximum atomic E-state index is 11.1. The molecule has 0 saturated carbocycles. The van der Waals surface area contributed by atoms with Crippen LogP contribution in [0.15, 0.2) is 12.1 Å². The minimum Gasteiger partial charge on any atom is -0.478 e. The summed E-state index contributed by atoms with van der Waals surface area (Å²) in [5, 5.41) is 26.9. The van der Waals surface area contributed by atoms with Gasteiger partial charge in [-0.15, -0.1) is 0 Å². The molecule has 18 heavy (non-hydrogen) atoms. The Hall–Kier alpha value is -2.21. The number of benzene rings is 1. The number of rotatable bonds is 6. The monoisotopic (exact) mass is 252 g/mol. The summed E-state index contributed by atoms with van der Waals surface area (Å²) in [6, 6.07) is 2.56. The third kappa shape index (κ3) is 2.72. The topological polar surface area (TPSA) is 112 Å². The second-order valence-corrected chi connectivity index (χ2v) is 3.58. The highest BCUT2D eigenvalue weighted by atomic mass is 16.4. The highest BCUT2D eigenvalue weighted by Gasteiger charge is 2.22. The molecule has 3 N–H and O–H groups in total. The van der Waals surface area contributed by atoms with Crippen LogP contribution in [0, 0.1) is 0 Å². The van der Waals surface area contributed by atoms with Crippen LogP contribution in [-0.2, 0) is 17.6 Å². The van der Waals surface area contributed by atoms with Gasteiger partial charge in [0.15, 0.2) is 0 Å². The third-order valence-corrected chi connectivity index (χ3v) is 2.52. The van der Waals surface area contributed by atoms with Crippen LogP contribution in [0.1, 0.15) is 31.8 Å². The number of hydrogen-bond donors (Lipinski definition) is 3. The Kier molecular flexibility index (Phi) is 4.56. The van der Waals surface area contributed by atoms with E-state index in [2.05, 4.69) is 0 Å². The molecule has 0 saturated heterocycles. The van der Waals surface area contributed by atoms with E-state index in [1.807, 2.05) is 0 Å². The molecular formula is C12H12O6. The average Bonchev–Trinajstić information content (AvgIpc) is 2.30. The summed E-state index contributed by atoms with van der Waals surface area (Å²) in [4.78, 5) is 32.6. The van der Waals surface area contributed by atoms with Gasteiger partial charge in [0.25, 0.3) is 0 Å². The summed E-state index contributed by atoms with van der Waals surface area (Å²) in [6.07, 6.45) is 0.573. The molecule has 0 atom stereocenters. The standard InChI is InChI=1S/C12H12O6/c13-5-3-7-1-2-9(11(15)16)10(12(17)18)8(7)4-6-14/h1-2,5,14H,3-4,6H2,(H,15,16)(H,17,18). The number of hydrogen-bond acceptors (Lipinski definition) is 4. The highest BCUT2D eigenvalue weighted by Crippen LogP contribution is 2.21. The fourth-order valence-electron chi connectivity index (χ4n) is 1.79. The molecular weight excluding hydrogens is 240 g/mol. The molecule has 96 valence electrons. The molecule has 1 aromatic rings. The molecule has 0 aliphatic heterocycles. The number of carbonyl (C=O) groups is 3. The van der Waals surface area contributed by atoms with Crippen molar-refractivity contribution >= 4 is 18.2 Å². The van der Waals surface area contributed by atoms with Crippen molar-refractivity contribution in [2.45, 2.75) is 12.8 Å². The molecule has 0 radical (unpaired) electrons. The highest BCUT2D eigenvalue weighted by molar-refractivity contribution is 6.03. The molecule has 0 aromatic heterocycles. The molecule has 0 aliphatic rings. The smallest absolute Gasteiger partial charge is 0.336 e. The molecule has 0 amide bonds. The normalized spacial score (nSPS) is 10.1. The number of aliphatic hydroxyl groups excluding tert-OH is 1. The predicted molar refractivity (Wildman–Crippen MR) is 60.9 cm³/mol. The third-order valence-electron chi connectivity index (χ3n) is 2.52. The molecule has 6 nitrogen and oxygen atoms in total. The zero-order valence-electron chi connectivity index (χ0n) is 9.42. The van der Waals surface area contributed by atoms with Gasteiger partial charge in [-0.2, -0.15) is 0 Å². The lowest BCUT2D eigenvalue weighted by Gasteiger charge is -2.12. The van der Waals surface area contributed by atoms with Crippen LogP contribution in [0.4, 0.5) is 0 Å². The minimum absolute atomic E-state index is 0.00801. The van der Waals surface area contributed by atoms with E-state index in [1.165, 1.54) is 6.07 Å². The summed E-state index contributed by atoms with van der Waals surface area (Å²) in [7, 11) is 0. The summed E-state index contributed by atoms with van der Waals surface area (Å²) >= 11 is 0. The number of carbonyl (C=O) groups excluding carboxylic acids is 1. The Labute approximate surface area is 102 Å². The van der Waals surface area contributed by atoms with Gasteiger partial charge in [0.1, 0.15) is 6.29 Å². The fourth-order valence-corrected chi connectivity index (χ4v) is 1.79. The molecule has 0 fully saturated rings. The van der Waals surface area contributed by atoms with Crippen molar-refractivity contribution < 1.29 is 29.7 Å². The van der Waals surface area contributed by atoms with E-state index in [4.69, 9.17) is 15.3 Å². The van der Waals surface area contributed by atoms with E-state index in [1.54, 1.807) is 0 Å². The number of aliphatic hydroxyl groups is 1. The van der Waals surface area contributed by atoms with E-state index in [-0.39, 0.29) is 36.1 Å². The Bertz CT molecular complexity index is 492. The Morgan fingerprint density at radius 3 is 2.28 bits per heavy atom. The van der Waals surface area contributed by atoms with Crippen molar-refractivity contribution in [1.29, 1.82) is 0 Å². The summed E-state index contributed by atoms with van der Waals surface area (Å²) in [6.45, 7) is -0.324. The lowest BCUT2D eigenvalue weighted by atomic mass is 9.92. The van der Waals surface area contributed by atoms with Gasteiger partial charge in [-0.3, -0.25) is 0 Å². The summed E-state index contributed by atoms with van der Waals surface area (Å²) in [5.74, 6) is -2.74. The molecule has 0 bridgehead atoms. The fraction of sp³-hybridized carbons (Fsp3) is 0.250. The van der Waals surface area contributed by atoms with Crippen LogP contribution in [0.5, 0.6) is 0 Å². The maximum Gasteiger partial charge on any atom is 0.336 e. The van der Waals surface area contributed by atoms with Crippen LogP contribution in [0.2, 0.25) is 0 Å². The quantitative estimate of drug-likeness (QED) is 0.630. The van der Waals surface area contributed by atoms with Gasteiger partial charge < -0.3 is 20.1 Å². The first-order valence-corrected chi connectivity index (χ1v) is 5.18.